The first kappa shape index (κ1) is 10.1. The number of nitroso groups, excluding NO2 is 1. The second-order valence-electron chi connectivity index (χ2n) is 3.35. The van der Waals surface area contributed by atoms with Gasteiger partial charge in [0.05, 0.1) is 18.9 Å². The third-order valence-corrected chi connectivity index (χ3v) is 2.29. The molecule has 0 aliphatic carbocycles. The van der Waals surface area contributed by atoms with E-state index in [1.54, 1.807) is 6.07 Å². The highest BCUT2D eigenvalue weighted by atomic mass is 16.5. The molecule has 1 aliphatic rings. The van der Waals surface area contributed by atoms with E-state index in [4.69, 9.17) is 4.74 Å². The lowest BCUT2D eigenvalue weighted by Gasteiger charge is -2.25. The van der Waals surface area contributed by atoms with E-state index in [1.165, 1.54) is 6.33 Å². The van der Waals surface area contributed by atoms with Crippen molar-refractivity contribution in [1.82, 2.24) is 14.9 Å². The van der Waals surface area contributed by atoms with E-state index in [0.29, 0.717) is 6.54 Å². The Kier molecular flexibility index (Phi) is 3.31. The van der Waals surface area contributed by atoms with Crippen LogP contribution in [-0.4, -0.2) is 41.2 Å². The molecule has 2 rings (SSSR count). The summed E-state index contributed by atoms with van der Waals surface area (Å²) in [6, 6.07) is 1.61. The van der Waals surface area contributed by atoms with Crippen LogP contribution in [0.4, 0.5) is 5.82 Å². The van der Waals surface area contributed by atoms with Gasteiger partial charge in [0.25, 0.3) is 0 Å². The van der Waals surface area contributed by atoms with E-state index in [-0.39, 0.29) is 5.82 Å². The maximum Gasteiger partial charge on any atom is 0.199 e. The quantitative estimate of drug-likeness (QED) is 0.684. The summed E-state index contributed by atoms with van der Waals surface area (Å²) in [5.74, 6) is 0.188. The zero-order chi connectivity index (χ0) is 10.5. The Bertz CT molecular complexity index is 339. The van der Waals surface area contributed by atoms with Crippen molar-refractivity contribution in [3.63, 3.8) is 0 Å². The van der Waals surface area contributed by atoms with E-state index >= 15 is 0 Å². The van der Waals surface area contributed by atoms with Crippen molar-refractivity contribution < 1.29 is 4.74 Å². The molecule has 1 saturated heterocycles. The second-order valence-corrected chi connectivity index (χ2v) is 3.35. The number of ether oxygens (including phenoxy) is 1. The summed E-state index contributed by atoms with van der Waals surface area (Å²) >= 11 is 0. The standard InChI is InChI=1S/C9H12N4O2/c14-12-9-5-8(10-7-11-9)6-13-1-3-15-4-2-13/h5,7H,1-4,6H2. The first-order valence-corrected chi connectivity index (χ1v) is 4.83. The van der Waals surface area contributed by atoms with Crippen LogP contribution in [-0.2, 0) is 11.3 Å². The average Bonchev–Trinajstić information content (AvgIpc) is 2.31. The van der Waals surface area contributed by atoms with Gasteiger partial charge in [-0.05, 0) is 5.18 Å². The number of morpholine rings is 1. The van der Waals surface area contributed by atoms with Crippen molar-refractivity contribution >= 4 is 5.82 Å². The summed E-state index contributed by atoms with van der Waals surface area (Å²) in [5.41, 5.74) is 0.821. The van der Waals surface area contributed by atoms with Crippen molar-refractivity contribution in [2.75, 3.05) is 26.3 Å². The molecule has 0 spiro atoms. The lowest BCUT2D eigenvalue weighted by molar-refractivity contribution is 0.0336. The smallest absolute Gasteiger partial charge is 0.199 e. The zero-order valence-electron chi connectivity index (χ0n) is 8.30. The second kappa shape index (κ2) is 4.90. The van der Waals surface area contributed by atoms with Gasteiger partial charge in [-0.3, -0.25) is 4.90 Å². The molecule has 80 valence electrons. The van der Waals surface area contributed by atoms with Gasteiger partial charge in [-0.25, -0.2) is 9.97 Å². The van der Waals surface area contributed by atoms with Gasteiger partial charge in [-0.1, -0.05) is 0 Å². The van der Waals surface area contributed by atoms with Crippen LogP contribution < -0.4 is 0 Å². The highest BCUT2D eigenvalue weighted by Crippen LogP contribution is 2.10. The minimum absolute atomic E-state index is 0.188. The predicted molar refractivity (Wildman–Crippen MR) is 53.6 cm³/mol. The van der Waals surface area contributed by atoms with Crippen molar-refractivity contribution in [2.45, 2.75) is 6.54 Å². The Balaban J connectivity index is 1.99. The van der Waals surface area contributed by atoms with Gasteiger partial charge in [-0.15, -0.1) is 4.91 Å². The Morgan fingerprint density at radius 2 is 2.20 bits per heavy atom. The molecule has 1 fully saturated rings. The molecule has 0 bridgehead atoms. The van der Waals surface area contributed by atoms with Crippen LogP contribution in [0.15, 0.2) is 17.6 Å². The summed E-state index contributed by atoms with van der Waals surface area (Å²) in [4.78, 5) is 20.3. The van der Waals surface area contributed by atoms with Crippen LogP contribution in [0.3, 0.4) is 0 Å². The molecule has 2 heterocycles. The average molecular weight is 208 g/mol. The minimum atomic E-state index is 0.188. The molecule has 1 aromatic heterocycles. The van der Waals surface area contributed by atoms with E-state index in [2.05, 4.69) is 20.0 Å². The topological polar surface area (TPSA) is 67.7 Å². The Labute approximate surface area is 87.3 Å². The van der Waals surface area contributed by atoms with Crippen LogP contribution in [0.2, 0.25) is 0 Å². The van der Waals surface area contributed by atoms with E-state index < -0.39 is 0 Å². The van der Waals surface area contributed by atoms with Gasteiger partial charge in [0.1, 0.15) is 6.33 Å². The fraction of sp³-hybridized carbons (Fsp3) is 0.556. The Hall–Kier alpha value is -1.40. The lowest BCUT2D eigenvalue weighted by Crippen LogP contribution is -2.35. The van der Waals surface area contributed by atoms with E-state index in [0.717, 1.165) is 32.0 Å². The highest BCUT2D eigenvalue weighted by Gasteiger charge is 2.11. The Morgan fingerprint density at radius 3 is 2.93 bits per heavy atom. The molecular formula is C9H12N4O2. The van der Waals surface area contributed by atoms with Gasteiger partial charge >= 0.3 is 0 Å². The lowest BCUT2D eigenvalue weighted by atomic mass is 10.3. The first-order valence-electron chi connectivity index (χ1n) is 4.83. The molecule has 0 radical (unpaired) electrons. The van der Waals surface area contributed by atoms with Crippen LogP contribution in [0.25, 0.3) is 0 Å². The zero-order valence-corrected chi connectivity index (χ0v) is 8.30. The summed E-state index contributed by atoms with van der Waals surface area (Å²) in [5, 5.41) is 2.78. The van der Waals surface area contributed by atoms with Crippen molar-refractivity contribution in [1.29, 1.82) is 0 Å². The molecule has 0 saturated carbocycles. The minimum Gasteiger partial charge on any atom is -0.379 e. The molecular weight excluding hydrogens is 196 g/mol. The number of hydrogen-bond donors (Lipinski definition) is 0. The van der Waals surface area contributed by atoms with Gasteiger partial charge in [0.15, 0.2) is 5.82 Å². The van der Waals surface area contributed by atoms with Gasteiger partial charge < -0.3 is 4.74 Å². The maximum absolute atomic E-state index is 10.3. The molecule has 0 N–H and O–H groups in total. The molecule has 6 heteroatoms. The summed E-state index contributed by atoms with van der Waals surface area (Å²) < 4.78 is 5.24. The third-order valence-electron chi connectivity index (χ3n) is 2.29. The molecule has 1 aliphatic heterocycles. The van der Waals surface area contributed by atoms with Crippen molar-refractivity contribution in [2.24, 2.45) is 5.18 Å². The summed E-state index contributed by atoms with van der Waals surface area (Å²) in [6.07, 6.45) is 1.37. The first-order chi connectivity index (χ1) is 7.38. The normalized spacial score (nSPS) is 17.6. The molecule has 0 atom stereocenters. The molecule has 0 unspecified atom stereocenters. The Morgan fingerprint density at radius 1 is 1.40 bits per heavy atom. The van der Waals surface area contributed by atoms with Gasteiger partial charge in [0.2, 0.25) is 0 Å². The summed E-state index contributed by atoms with van der Waals surface area (Å²) in [7, 11) is 0. The molecule has 1 aromatic rings. The monoisotopic (exact) mass is 208 g/mol. The number of hydrogen-bond acceptors (Lipinski definition) is 6. The molecule has 15 heavy (non-hydrogen) atoms. The van der Waals surface area contributed by atoms with Gasteiger partial charge in [-0.2, -0.15) is 0 Å². The number of rotatable bonds is 3. The summed E-state index contributed by atoms with van der Waals surface area (Å²) in [6.45, 7) is 4.02. The number of nitrogens with zero attached hydrogens (tertiary/aromatic N) is 4. The molecule has 0 amide bonds. The van der Waals surface area contributed by atoms with Crippen molar-refractivity contribution in [3.8, 4) is 0 Å². The van der Waals surface area contributed by atoms with Crippen LogP contribution in [0.5, 0.6) is 0 Å². The van der Waals surface area contributed by atoms with Crippen LogP contribution in [0.1, 0.15) is 5.69 Å². The van der Waals surface area contributed by atoms with Gasteiger partial charge in [0, 0.05) is 25.7 Å². The predicted octanol–water partition coefficient (Wildman–Crippen LogP) is 0.707. The van der Waals surface area contributed by atoms with Crippen LogP contribution in [0, 0.1) is 4.91 Å². The molecule has 6 nitrogen and oxygen atoms in total. The van der Waals surface area contributed by atoms with E-state index in [9.17, 15) is 4.91 Å². The highest BCUT2D eigenvalue weighted by molar-refractivity contribution is 5.26. The fourth-order valence-corrected chi connectivity index (χ4v) is 1.51. The molecule has 0 aromatic carbocycles. The third kappa shape index (κ3) is 2.77. The SMILES string of the molecule is O=Nc1cc(CN2CCOCC2)ncn1. The number of aromatic nitrogens is 2. The van der Waals surface area contributed by atoms with E-state index in [1.807, 2.05) is 0 Å². The van der Waals surface area contributed by atoms with Crippen LogP contribution >= 0.6 is 0 Å². The largest absolute Gasteiger partial charge is 0.379 e. The maximum atomic E-state index is 10.3. The fourth-order valence-electron chi connectivity index (χ4n) is 1.51. The van der Waals surface area contributed by atoms with Crippen molar-refractivity contribution in [3.05, 3.63) is 23.0 Å².